The van der Waals surface area contributed by atoms with Gasteiger partial charge < -0.3 is 16.0 Å². The molecule has 1 aliphatic heterocycles. The molecular formula is C13H22N4O2. The highest BCUT2D eigenvalue weighted by Gasteiger charge is 2.31. The monoisotopic (exact) mass is 266 g/mol. The van der Waals surface area contributed by atoms with Crippen molar-refractivity contribution in [3.63, 3.8) is 0 Å². The number of hydrogen-bond donors (Lipinski definition) is 2. The minimum absolute atomic E-state index is 0.0469. The molecule has 2 amide bonds. The van der Waals surface area contributed by atoms with Gasteiger partial charge in [0.05, 0.1) is 12.1 Å². The summed E-state index contributed by atoms with van der Waals surface area (Å²) in [6.07, 6.45) is 3.81. The third-order valence-corrected chi connectivity index (χ3v) is 3.32. The van der Waals surface area contributed by atoms with Gasteiger partial charge in [-0.1, -0.05) is 0 Å². The first-order valence-electron chi connectivity index (χ1n) is 6.76. The van der Waals surface area contributed by atoms with Crippen LogP contribution in [-0.2, 0) is 9.59 Å². The number of nitrogens with two attached hydrogens (primary N) is 1. The van der Waals surface area contributed by atoms with Crippen molar-refractivity contribution in [1.82, 2.24) is 10.2 Å². The maximum Gasteiger partial charge on any atom is 0.240 e. The Hall–Kier alpha value is -1.61. The second-order valence-corrected chi connectivity index (χ2v) is 4.90. The molecule has 0 aromatic carbocycles. The molecule has 6 heteroatoms. The number of nitrogens with one attached hydrogen (secondary N) is 1. The number of nitriles is 1. The molecule has 1 rings (SSSR count). The zero-order valence-electron chi connectivity index (χ0n) is 11.4. The molecule has 0 aromatic rings. The molecular weight excluding hydrogens is 244 g/mol. The van der Waals surface area contributed by atoms with Gasteiger partial charge in [0.15, 0.2) is 0 Å². The molecule has 0 aliphatic carbocycles. The molecule has 0 spiro atoms. The fourth-order valence-corrected chi connectivity index (χ4v) is 2.25. The van der Waals surface area contributed by atoms with Gasteiger partial charge in [0.1, 0.15) is 6.04 Å². The molecule has 19 heavy (non-hydrogen) atoms. The van der Waals surface area contributed by atoms with Crippen LogP contribution in [-0.4, -0.2) is 41.9 Å². The molecule has 6 nitrogen and oxygen atoms in total. The number of unbranched alkanes of at least 4 members (excludes halogenated alkanes) is 1. The number of rotatable bonds is 6. The maximum absolute atomic E-state index is 12.1. The fourth-order valence-electron chi connectivity index (χ4n) is 2.25. The first kappa shape index (κ1) is 15.4. The fraction of sp³-hybridized carbons (Fsp3) is 0.769. The SMILES string of the molecule is CC(=O)NCCCC[C@H](N)C(=O)N1CCC[C@H]1C#N. The molecule has 1 saturated heterocycles. The Balaban J connectivity index is 2.25. The van der Waals surface area contributed by atoms with Crippen molar-refractivity contribution in [2.24, 2.45) is 5.73 Å². The molecule has 0 bridgehead atoms. The largest absolute Gasteiger partial charge is 0.356 e. The summed E-state index contributed by atoms with van der Waals surface area (Å²) in [4.78, 5) is 24.3. The van der Waals surface area contributed by atoms with Gasteiger partial charge in [-0.15, -0.1) is 0 Å². The standard InChI is InChI=1S/C13H22N4O2/c1-10(18)16-7-3-2-6-12(15)13(19)17-8-4-5-11(17)9-14/h11-12H,2-8,15H2,1H3,(H,16,18)/t11-,12-/m0/s1. The van der Waals surface area contributed by atoms with Gasteiger partial charge in [-0.3, -0.25) is 9.59 Å². The van der Waals surface area contributed by atoms with E-state index in [1.54, 1.807) is 4.90 Å². The summed E-state index contributed by atoms with van der Waals surface area (Å²) in [6.45, 7) is 2.72. The van der Waals surface area contributed by atoms with Crippen LogP contribution in [0.15, 0.2) is 0 Å². The van der Waals surface area contributed by atoms with Crippen LogP contribution in [0.4, 0.5) is 0 Å². The first-order chi connectivity index (χ1) is 9.06. The lowest BCUT2D eigenvalue weighted by Gasteiger charge is -2.23. The van der Waals surface area contributed by atoms with Crippen LogP contribution in [0, 0.1) is 11.3 Å². The first-order valence-corrected chi connectivity index (χ1v) is 6.76. The smallest absolute Gasteiger partial charge is 0.240 e. The van der Waals surface area contributed by atoms with E-state index in [1.165, 1.54) is 6.92 Å². The number of carbonyl (C=O) groups excluding carboxylic acids is 2. The van der Waals surface area contributed by atoms with Gasteiger partial charge in [0.2, 0.25) is 11.8 Å². The van der Waals surface area contributed by atoms with Crippen LogP contribution < -0.4 is 11.1 Å². The van der Waals surface area contributed by atoms with Gasteiger partial charge in [0, 0.05) is 20.0 Å². The zero-order valence-corrected chi connectivity index (χ0v) is 11.4. The number of amides is 2. The predicted molar refractivity (Wildman–Crippen MR) is 70.9 cm³/mol. The molecule has 1 heterocycles. The molecule has 1 fully saturated rings. The zero-order chi connectivity index (χ0) is 14.3. The summed E-state index contributed by atoms with van der Waals surface area (Å²) in [5.41, 5.74) is 5.87. The maximum atomic E-state index is 12.1. The van der Waals surface area contributed by atoms with Crippen molar-refractivity contribution in [1.29, 1.82) is 5.26 Å². The van der Waals surface area contributed by atoms with Crippen LogP contribution in [0.2, 0.25) is 0 Å². The van der Waals surface area contributed by atoms with E-state index < -0.39 is 6.04 Å². The van der Waals surface area contributed by atoms with Crippen molar-refractivity contribution in [2.75, 3.05) is 13.1 Å². The van der Waals surface area contributed by atoms with Crippen molar-refractivity contribution in [3.8, 4) is 6.07 Å². The van der Waals surface area contributed by atoms with E-state index >= 15 is 0 Å². The van der Waals surface area contributed by atoms with E-state index in [0.717, 1.165) is 25.7 Å². The highest BCUT2D eigenvalue weighted by molar-refractivity contribution is 5.82. The predicted octanol–water partition coefficient (Wildman–Crippen LogP) is 0.135. The van der Waals surface area contributed by atoms with E-state index in [1.807, 2.05) is 0 Å². The highest BCUT2D eigenvalue weighted by atomic mass is 16.2. The average Bonchev–Trinajstić information content (AvgIpc) is 2.85. The second-order valence-electron chi connectivity index (χ2n) is 4.90. The number of nitrogens with zero attached hydrogens (tertiary/aromatic N) is 2. The molecule has 0 saturated carbocycles. The Morgan fingerprint density at radius 2 is 2.26 bits per heavy atom. The number of likely N-dealkylation sites (tertiary alicyclic amines) is 1. The lowest BCUT2D eigenvalue weighted by atomic mass is 10.1. The van der Waals surface area contributed by atoms with E-state index in [9.17, 15) is 9.59 Å². The molecule has 0 aromatic heterocycles. The summed E-state index contributed by atoms with van der Waals surface area (Å²) in [7, 11) is 0. The Bertz CT molecular complexity index is 364. The summed E-state index contributed by atoms with van der Waals surface area (Å²) >= 11 is 0. The molecule has 1 aliphatic rings. The van der Waals surface area contributed by atoms with E-state index in [4.69, 9.17) is 11.0 Å². The Kier molecular flexibility index (Phi) is 6.30. The quantitative estimate of drug-likeness (QED) is 0.668. The Morgan fingerprint density at radius 3 is 2.89 bits per heavy atom. The van der Waals surface area contributed by atoms with Gasteiger partial charge in [-0.2, -0.15) is 5.26 Å². The molecule has 2 atom stereocenters. The average molecular weight is 266 g/mol. The third kappa shape index (κ3) is 4.87. The Labute approximate surface area is 113 Å². The minimum atomic E-state index is -0.536. The van der Waals surface area contributed by atoms with E-state index in [-0.39, 0.29) is 17.9 Å². The second kappa shape index (κ2) is 7.74. The van der Waals surface area contributed by atoms with Crippen LogP contribution >= 0.6 is 0 Å². The van der Waals surface area contributed by atoms with Gasteiger partial charge in [-0.25, -0.2) is 0 Å². The molecule has 3 N–H and O–H groups in total. The van der Waals surface area contributed by atoms with Crippen LogP contribution in [0.25, 0.3) is 0 Å². The minimum Gasteiger partial charge on any atom is -0.356 e. The number of carbonyl (C=O) groups is 2. The van der Waals surface area contributed by atoms with E-state index in [2.05, 4.69) is 11.4 Å². The topological polar surface area (TPSA) is 99.2 Å². The molecule has 0 radical (unpaired) electrons. The molecule has 0 unspecified atom stereocenters. The third-order valence-electron chi connectivity index (χ3n) is 3.32. The van der Waals surface area contributed by atoms with Crippen molar-refractivity contribution >= 4 is 11.8 Å². The summed E-state index contributed by atoms with van der Waals surface area (Å²) < 4.78 is 0. The van der Waals surface area contributed by atoms with E-state index in [0.29, 0.717) is 19.5 Å². The van der Waals surface area contributed by atoms with Crippen LogP contribution in [0.3, 0.4) is 0 Å². The van der Waals surface area contributed by atoms with Gasteiger partial charge in [0.25, 0.3) is 0 Å². The molecule has 106 valence electrons. The van der Waals surface area contributed by atoms with Gasteiger partial charge in [-0.05, 0) is 32.1 Å². The summed E-state index contributed by atoms with van der Waals surface area (Å²) in [6, 6.07) is 1.30. The van der Waals surface area contributed by atoms with Crippen molar-refractivity contribution in [3.05, 3.63) is 0 Å². The van der Waals surface area contributed by atoms with Gasteiger partial charge >= 0.3 is 0 Å². The highest BCUT2D eigenvalue weighted by Crippen LogP contribution is 2.18. The van der Waals surface area contributed by atoms with Crippen LogP contribution in [0.1, 0.15) is 39.0 Å². The lowest BCUT2D eigenvalue weighted by Crippen LogP contribution is -2.45. The van der Waals surface area contributed by atoms with Crippen molar-refractivity contribution < 1.29 is 9.59 Å². The number of hydrogen-bond acceptors (Lipinski definition) is 4. The summed E-state index contributed by atoms with van der Waals surface area (Å²) in [5.74, 6) is -0.169. The normalized spacial score (nSPS) is 19.8. The van der Waals surface area contributed by atoms with Crippen LogP contribution in [0.5, 0.6) is 0 Å². The summed E-state index contributed by atoms with van der Waals surface area (Å²) in [5, 5.41) is 11.6. The Morgan fingerprint density at radius 1 is 1.53 bits per heavy atom. The van der Waals surface area contributed by atoms with Crippen molar-refractivity contribution in [2.45, 2.75) is 51.1 Å². The lowest BCUT2D eigenvalue weighted by molar-refractivity contribution is -0.132.